The van der Waals surface area contributed by atoms with E-state index in [1.807, 2.05) is 31.2 Å². The molecule has 0 aliphatic heterocycles. The van der Waals surface area contributed by atoms with Gasteiger partial charge in [0.15, 0.2) is 0 Å². The predicted molar refractivity (Wildman–Crippen MR) is 79.0 cm³/mol. The number of hydrogen-bond donors (Lipinski definition) is 2. The molecule has 19 heavy (non-hydrogen) atoms. The number of nitrogens with one attached hydrogen (secondary N) is 1. The van der Waals surface area contributed by atoms with Crippen LogP contribution in [0.4, 0.5) is 0 Å². The van der Waals surface area contributed by atoms with Gasteiger partial charge in [0.1, 0.15) is 0 Å². The molecule has 0 saturated carbocycles. The summed E-state index contributed by atoms with van der Waals surface area (Å²) in [6.45, 7) is 4.09. The van der Waals surface area contributed by atoms with Crippen LogP contribution in [0.2, 0.25) is 5.02 Å². The van der Waals surface area contributed by atoms with Crippen LogP contribution in [0, 0.1) is 6.92 Å². The fourth-order valence-corrected chi connectivity index (χ4v) is 2.32. The lowest BCUT2D eigenvalue weighted by Crippen LogP contribution is -2.30. The molecule has 2 rings (SSSR count). The lowest BCUT2D eigenvalue weighted by atomic mass is 9.98. The van der Waals surface area contributed by atoms with E-state index in [0.29, 0.717) is 0 Å². The number of aromatic nitrogens is 1. The largest absolute Gasteiger partial charge is 0.271 e. The molecule has 1 aromatic heterocycles. The van der Waals surface area contributed by atoms with Gasteiger partial charge in [-0.05, 0) is 42.2 Å². The van der Waals surface area contributed by atoms with Gasteiger partial charge in [-0.3, -0.25) is 10.8 Å². The molecule has 3 N–H and O–H groups in total. The predicted octanol–water partition coefficient (Wildman–Crippen LogP) is 3.16. The van der Waals surface area contributed by atoms with Crippen LogP contribution in [0.15, 0.2) is 36.5 Å². The average Bonchev–Trinajstić information content (AvgIpc) is 2.44. The van der Waals surface area contributed by atoms with Crippen molar-refractivity contribution in [2.45, 2.75) is 26.3 Å². The molecule has 0 amide bonds. The number of hydrogen-bond acceptors (Lipinski definition) is 3. The molecule has 1 heterocycles. The summed E-state index contributed by atoms with van der Waals surface area (Å²) in [6, 6.07) is 9.83. The Kier molecular flexibility index (Phi) is 4.53. The van der Waals surface area contributed by atoms with Gasteiger partial charge in [-0.15, -0.1) is 0 Å². The molecular formula is C15H18ClN3. The van der Waals surface area contributed by atoms with Crippen LogP contribution < -0.4 is 11.3 Å². The maximum Gasteiger partial charge on any atom is 0.0884 e. The molecule has 0 spiro atoms. The van der Waals surface area contributed by atoms with Gasteiger partial charge in [0.2, 0.25) is 0 Å². The van der Waals surface area contributed by atoms with Crippen LogP contribution in [0.3, 0.4) is 0 Å². The minimum Gasteiger partial charge on any atom is -0.271 e. The first-order valence-electron chi connectivity index (χ1n) is 6.33. The van der Waals surface area contributed by atoms with E-state index in [2.05, 4.69) is 23.4 Å². The maximum atomic E-state index is 6.19. The molecular weight excluding hydrogens is 258 g/mol. The third kappa shape index (κ3) is 2.95. The van der Waals surface area contributed by atoms with Gasteiger partial charge in [-0.25, -0.2) is 5.43 Å². The molecule has 0 aliphatic rings. The number of aryl methyl sites for hydroxylation is 2. The van der Waals surface area contributed by atoms with Gasteiger partial charge in [0.25, 0.3) is 0 Å². The second kappa shape index (κ2) is 6.15. The topological polar surface area (TPSA) is 50.9 Å². The summed E-state index contributed by atoms with van der Waals surface area (Å²) in [5.41, 5.74) is 7.04. The molecule has 0 bridgehead atoms. The van der Waals surface area contributed by atoms with E-state index in [4.69, 9.17) is 17.4 Å². The molecule has 4 heteroatoms. The Morgan fingerprint density at radius 3 is 2.79 bits per heavy atom. The Hall–Kier alpha value is -1.42. The van der Waals surface area contributed by atoms with Gasteiger partial charge in [0, 0.05) is 11.2 Å². The number of nitrogens with zero attached hydrogens (tertiary/aromatic N) is 1. The number of halogens is 1. The summed E-state index contributed by atoms with van der Waals surface area (Å²) < 4.78 is 0. The molecule has 2 aromatic rings. The SMILES string of the molecule is CCc1cccnc1C(NN)c1ccc(C)c(Cl)c1. The van der Waals surface area contributed by atoms with Crippen molar-refractivity contribution in [3.05, 3.63) is 63.9 Å². The highest BCUT2D eigenvalue weighted by molar-refractivity contribution is 6.31. The molecule has 1 atom stereocenters. The Morgan fingerprint density at radius 2 is 2.16 bits per heavy atom. The van der Waals surface area contributed by atoms with Crippen molar-refractivity contribution in [3.63, 3.8) is 0 Å². The van der Waals surface area contributed by atoms with Crippen LogP contribution in [-0.2, 0) is 6.42 Å². The first kappa shape index (κ1) is 14.0. The first-order valence-corrected chi connectivity index (χ1v) is 6.71. The van der Waals surface area contributed by atoms with E-state index in [9.17, 15) is 0 Å². The summed E-state index contributed by atoms with van der Waals surface area (Å²) in [6.07, 6.45) is 2.70. The van der Waals surface area contributed by atoms with Crippen LogP contribution in [0.1, 0.15) is 35.3 Å². The first-order chi connectivity index (χ1) is 9.17. The third-order valence-corrected chi connectivity index (χ3v) is 3.68. The quantitative estimate of drug-likeness (QED) is 0.666. The summed E-state index contributed by atoms with van der Waals surface area (Å²) >= 11 is 6.19. The highest BCUT2D eigenvalue weighted by Crippen LogP contribution is 2.26. The van der Waals surface area contributed by atoms with E-state index in [1.54, 1.807) is 6.20 Å². The van der Waals surface area contributed by atoms with Crippen molar-refractivity contribution in [1.82, 2.24) is 10.4 Å². The van der Waals surface area contributed by atoms with E-state index >= 15 is 0 Å². The van der Waals surface area contributed by atoms with Gasteiger partial charge in [0.05, 0.1) is 11.7 Å². The summed E-state index contributed by atoms with van der Waals surface area (Å²) in [7, 11) is 0. The monoisotopic (exact) mass is 275 g/mol. The van der Waals surface area contributed by atoms with Crippen molar-refractivity contribution in [2.24, 2.45) is 5.84 Å². The van der Waals surface area contributed by atoms with Crippen LogP contribution in [-0.4, -0.2) is 4.98 Å². The summed E-state index contributed by atoms with van der Waals surface area (Å²) in [4.78, 5) is 4.46. The fourth-order valence-electron chi connectivity index (χ4n) is 2.13. The molecule has 0 aliphatic carbocycles. The highest BCUT2D eigenvalue weighted by atomic mass is 35.5. The standard InChI is InChI=1S/C15H18ClN3/c1-3-11-5-4-8-18-14(11)15(19-17)12-7-6-10(2)13(16)9-12/h4-9,15,19H,3,17H2,1-2H3. The Bertz CT molecular complexity index is 569. The van der Waals surface area contributed by atoms with Crippen LogP contribution >= 0.6 is 11.6 Å². The second-order valence-electron chi connectivity index (χ2n) is 4.51. The minimum absolute atomic E-state index is 0.144. The van der Waals surface area contributed by atoms with E-state index < -0.39 is 0 Å². The van der Waals surface area contributed by atoms with Crippen molar-refractivity contribution in [3.8, 4) is 0 Å². The lowest BCUT2D eigenvalue weighted by molar-refractivity contribution is 0.614. The average molecular weight is 276 g/mol. The van der Waals surface area contributed by atoms with Gasteiger partial charge < -0.3 is 0 Å². The van der Waals surface area contributed by atoms with Gasteiger partial charge >= 0.3 is 0 Å². The van der Waals surface area contributed by atoms with Gasteiger partial charge in [-0.2, -0.15) is 0 Å². The second-order valence-corrected chi connectivity index (χ2v) is 4.92. The van der Waals surface area contributed by atoms with Crippen molar-refractivity contribution in [1.29, 1.82) is 0 Å². The summed E-state index contributed by atoms with van der Waals surface area (Å²) in [5.74, 6) is 5.72. The summed E-state index contributed by atoms with van der Waals surface area (Å²) in [5, 5.41) is 0.742. The van der Waals surface area contributed by atoms with E-state index in [0.717, 1.165) is 28.3 Å². The Morgan fingerprint density at radius 1 is 1.37 bits per heavy atom. The smallest absolute Gasteiger partial charge is 0.0884 e. The third-order valence-electron chi connectivity index (χ3n) is 3.28. The number of rotatable bonds is 4. The Labute approximate surface area is 118 Å². The molecule has 0 fully saturated rings. The Balaban J connectivity index is 2.46. The van der Waals surface area contributed by atoms with Gasteiger partial charge in [-0.1, -0.05) is 36.7 Å². The number of hydrazine groups is 1. The molecule has 3 nitrogen and oxygen atoms in total. The number of nitrogens with two attached hydrogens (primary N) is 1. The fraction of sp³-hybridized carbons (Fsp3) is 0.267. The van der Waals surface area contributed by atoms with E-state index in [-0.39, 0.29) is 6.04 Å². The number of benzene rings is 1. The molecule has 100 valence electrons. The zero-order chi connectivity index (χ0) is 13.8. The van der Waals surface area contributed by atoms with Crippen molar-refractivity contribution >= 4 is 11.6 Å². The zero-order valence-electron chi connectivity index (χ0n) is 11.2. The van der Waals surface area contributed by atoms with Crippen molar-refractivity contribution < 1.29 is 0 Å². The van der Waals surface area contributed by atoms with Crippen LogP contribution in [0.5, 0.6) is 0 Å². The number of pyridine rings is 1. The minimum atomic E-state index is -0.144. The van der Waals surface area contributed by atoms with Crippen LogP contribution in [0.25, 0.3) is 0 Å². The highest BCUT2D eigenvalue weighted by Gasteiger charge is 2.17. The molecule has 0 radical (unpaired) electrons. The molecule has 0 saturated heterocycles. The normalized spacial score (nSPS) is 12.4. The van der Waals surface area contributed by atoms with E-state index in [1.165, 1.54) is 5.56 Å². The molecule has 1 aromatic carbocycles. The van der Waals surface area contributed by atoms with Crippen molar-refractivity contribution in [2.75, 3.05) is 0 Å². The molecule has 1 unspecified atom stereocenters. The maximum absolute atomic E-state index is 6.19. The zero-order valence-corrected chi connectivity index (χ0v) is 11.9. The lowest BCUT2D eigenvalue weighted by Gasteiger charge is -2.19.